The lowest BCUT2D eigenvalue weighted by atomic mass is 10.0. The number of H-pyrrole nitrogens is 2. The summed E-state index contributed by atoms with van der Waals surface area (Å²) in [7, 11) is 0. The predicted octanol–water partition coefficient (Wildman–Crippen LogP) is -1.45. The number of nitrogens with one attached hydrogen (secondary N) is 5. The van der Waals surface area contributed by atoms with Crippen molar-refractivity contribution >= 4 is 40.5 Å². The average molecular weight is 584 g/mol. The molecule has 15 nitrogen and oxygen atoms in total. The molecule has 4 unspecified atom stereocenters. The highest BCUT2D eigenvalue weighted by molar-refractivity contribution is 5.95. The van der Waals surface area contributed by atoms with Crippen LogP contribution in [0.4, 0.5) is 0 Å². The molecule has 4 amide bonds. The zero-order valence-corrected chi connectivity index (χ0v) is 23.0. The molecule has 0 bridgehead atoms. The van der Waals surface area contributed by atoms with Gasteiger partial charge in [-0.3, -0.25) is 19.2 Å². The molecule has 0 fully saturated rings. The SMILES string of the molecule is NCCCCC(N)C(=O)NC(Cc1c[nH]c2ccccc12)C(=O)NC(Cc1cnc[nH]1)C(=O)NC(CC(N)=O)C(=O)O. The van der Waals surface area contributed by atoms with Gasteiger partial charge in [-0.2, -0.15) is 0 Å². The van der Waals surface area contributed by atoms with Gasteiger partial charge in [-0.25, -0.2) is 9.78 Å². The van der Waals surface area contributed by atoms with Crippen molar-refractivity contribution < 1.29 is 29.1 Å². The molecule has 1 aromatic carbocycles. The number of nitrogens with zero attached hydrogens (tertiary/aromatic N) is 1. The van der Waals surface area contributed by atoms with Gasteiger partial charge in [0.05, 0.1) is 18.8 Å². The summed E-state index contributed by atoms with van der Waals surface area (Å²) in [6.45, 7) is 0.460. The third kappa shape index (κ3) is 9.14. The lowest BCUT2D eigenvalue weighted by Gasteiger charge is -2.25. The molecule has 2 aromatic heterocycles. The molecule has 0 aliphatic heterocycles. The van der Waals surface area contributed by atoms with Crippen molar-refractivity contribution in [1.82, 2.24) is 30.9 Å². The van der Waals surface area contributed by atoms with E-state index in [0.717, 1.165) is 16.5 Å². The number of carbonyl (C=O) groups excluding carboxylic acids is 4. The molecule has 3 rings (SSSR count). The van der Waals surface area contributed by atoms with Gasteiger partial charge < -0.3 is 48.2 Å². The molecule has 3 aromatic rings. The van der Waals surface area contributed by atoms with Gasteiger partial charge in [-0.15, -0.1) is 0 Å². The van der Waals surface area contributed by atoms with E-state index in [2.05, 4.69) is 30.9 Å². The number of aromatic nitrogens is 3. The fourth-order valence-electron chi connectivity index (χ4n) is 4.42. The molecule has 0 aliphatic rings. The van der Waals surface area contributed by atoms with Crippen molar-refractivity contribution in [3.8, 4) is 0 Å². The van der Waals surface area contributed by atoms with Crippen molar-refractivity contribution in [2.45, 2.75) is 62.7 Å². The zero-order valence-electron chi connectivity index (χ0n) is 23.0. The van der Waals surface area contributed by atoms with Gasteiger partial charge in [0.2, 0.25) is 23.6 Å². The Balaban J connectivity index is 1.85. The fraction of sp³-hybridized carbons (Fsp3) is 0.407. The first kappa shape index (κ1) is 31.8. The molecule has 0 saturated heterocycles. The number of carboxylic acid groups (broad SMARTS) is 1. The first-order valence-electron chi connectivity index (χ1n) is 13.5. The lowest BCUT2D eigenvalue weighted by Crippen LogP contribution is -2.58. The monoisotopic (exact) mass is 583 g/mol. The Hall–Kier alpha value is -4.76. The fourth-order valence-corrected chi connectivity index (χ4v) is 4.42. The second-order valence-electron chi connectivity index (χ2n) is 9.93. The number of nitrogens with two attached hydrogens (primary N) is 3. The van der Waals surface area contributed by atoms with Crippen LogP contribution in [0.5, 0.6) is 0 Å². The van der Waals surface area contributed by atoms with E-state index in [1.54, 1.807) is 6.20 Å². The maximum absolute atomic E-state index is 13.7. The van der Waals surface area contributed by atoms with Crippen molar-refractivity contribution in [1.29, 1.82) is 0 Å². The van der Waals surface area contributed by atoms with E-state index in [4.69, 9.17) is 17.2 Å². The number of aromatic amines is 2. The molecule has 15 heteroatoms. The average Bonchev–Trinajstić information content (AvgIpc) is 3.61. The molecular weight excluding hydrogens is 546 g/mol. The highest BCUT2D eigenvalue weighted by atomic mass is 16.4. The highest BCUT2D eigenvalue weighted by Crippen LogP contribution is 2.19. The van der Waals surface area contributed by atoms with Crippen LogP contribution in [0.25, 0.3) is 10.9 Å². The van der Waals surface area contributed by atoms with Crippen LogP contribution in [-0.2, 0) is 36.8 Å². The summed E-state index contributed by atoms with van der Waals surface area (Å²) in [5.74, 6) is -4.52. The number of imidazole rings is 1. The van der Waals surface area contributed by atoms with E-state index in [1.165, 1.54) is 12.5 Å². The largest absolute Gasteiger partial charge is 0.480 e. The second-order valence-corrected chi connectivity index (χ2v) is 9.93. The molecule has 0 spiro atoms. The molecule has 226 valence electrons. The first-order chi connectivity index (χ1) is 20.1. The number of aliphatic carboxylic acids is 1. The lowest BCUT2D eigenvalue weighted by molar-refractivity contribution is -0.143. The minimum Gasteiger partial charge on any atom is -0.480 e. The number of para-hydroxylation sites is 1. The van der Waals surface area contributed by atoms with Crippen LogP contribution in [0.1, 0.15) is 36.9 Å². The van der Waals surface area contributed by atoms with E-state index < -0.39 is 60.2 Å². The van der Waals surface area contributed by atoms with Crippen molar-refractivity contribution in [2.24, 2.45) is 17.2 Å². The van der Waals surface area contributed by atoms with E-state index in [9.17, 15) is 29.1 Å². The number of unbranched alkanes of at least 4 members (excludes halogenated alkanes) is 1. The minimum absolute atomic E-state index is 0.0644. The van der Waals surface area contributed by atoms with Gasteiger partial charge >= 0.3 is 5.97 Å². The van der Waals surface area contributed by atoms with Crippen LogP contribution < -0.4 is 33.2 Å². The van der Waals surface area contributed by atoms with Gasteiger partial charge in [-0.05, 0) is 31.0 Å². The van der Waals surface area contributed by atoms with Crippen LogP contribution in [0, 0.1) is 0 Å². The van der Waals surface area contributed by atoms with E-state index in [1.807, 2.05) is 24.3 Å². The maximum Gasteiger partial charge on any atom is 0.326 e. The molecule has 2 heterocycles. The Morgan fingerprint density at radius 1 is 0.905 bits per heavy atom. The highest BCUT2D eigenvalue weighted by Gasteiger charge is 2.32. The molecule has 0 saturated carbocycles. The topological polar surface area (TPSA) is 264 Å². The molecule has 0 radical (unpaired) electrons. The van der Waals surface area contributed by atoms with Crippen LogP contribution in [0.15, 0.2) is 43.0 Å². The summed E-state index contributed by atoms with van der Waals surface area (Å²) in [4.78, 5) is 72.7. The number of rotatable bonds is 17. The Labute approximate surface area is 241 Å². The number of amides is 4. The number of primary amides is 1. The molecule has 0 aliphatic carbocycles. The first-order valence-corrected chi connectivity index (χ1v) is 13.5. The molecule has 12 N–H and O–H groups in total. The molecule has 42 heavy (non-hydrogen) atoms. The summed E-state index contributed by atoms with van der Waals surface area (Å²) >= 11 is 0. The number of carboxylic acids is 1. The van der Waals surface area contributed by atoms with Gasteiger partial charge in [0, 0.05) is 41.8 Å². The summed E-state index contributed by atoms with van der Waals surface area (Å²) in [5.41, 5.74) is 18.8. The summed E-state index contributed by atoms with van der Waals surface area (Å²) < 4.78 is 0. The molecule has 4 atom stereocenters. The molecular formula is C27H37N9O6. The normalized spacial score (nSPS) is 14.0. The Morgan fingerprint density at radius 3 is 2.21 bits per heavy atom. The standard InChI is InChI=1S/C27H37N9O6/c28-8-4-3-6-18(29)24(38)34-20(9-15-12-32-19-7-2-1-5-17(15)19)25(39)35-21(10-16-13-31-14-33-16)26(40)36-22(27(41)42)11-23(30)37/h1-2,5,7,12-14,18,20-22,32H,3-4,6,8-11,28-29H2,(H2,30,37)(H,31,33)(H,34,38)(H,35,39)(H,36,40)(H,41,42). The zero-order chi connectivity index (χ0) is 30.6. The van der Waals surface area contributed by atoms with Crippen LogP contribution in [0.2, 0.25) is 0 Å². The van der Waals surface area contributed by atoms with Gasteiger partial charge in [0.15, 0.2) is 0 Å². The Morgan fingerprint density at radius 2 is 1.57 bits per heavy atom. The quantitative estimate of drug-likeness (QED) is 0.0840. The van der Waals surface area contributed by atoms with E-state index >= 15 is 0 Å². The summed E-state index contributed by atoms with van der Waals surface area (Å²) in [5, 5.41) is 17.9. The van der Waals surface area contributed by atoms with Gasteiger partial charge in [-0.1, -0.05) is 24.6 Å². The van der Waals surface area contributed by atoms with Crippen LogP contribution in [-0.4, -0.2) is 80.4 Å². The van der Waals surface area contributed by atoms with Crippen LogP contribution in [0.3, 0.4) is 0 Å². The number of carbonyl (C=O) groups is 5. The third-order valence-electron chi connectivity index (χ3n) is 6.67. The second kappa shape index (κ2) is 15.3. The van der Waals surface area contributed by atoms with Crippen molar-refractivity contribution in [3.63, 3.8) is 0 Å². The van der Waals surface area contributed by atoms with Crippen molar-refractivity contribution in [2.75, 3.05) is 6.54 Å². The Bertz CT molecular complexity index is 1370. The maximum atomic E-state index is 13.7. The summed E-state index contributed by atoms with van der Waals surface area (Å²) in [6.07, 6.45) is 5.57. The number of fused-ring (bicyclic) bond motifs is 1. The number of hydrogen-bond donors (Lipinski definition) is 9. The Kier molecular flexibility index (Phi) is 11.6. The van der Waals surface area contributed by atoms with Crippen LogP contribution >= 0.6 is 0 Å². The van der Waals surface area contributed by atoms with E-state index in [-0.39, 0.29) is 12.8 Å². The van der Waals surface area contributed by atoms with Gasteiger partial charge in [0.1, 0.15) is 18.1 Å². The predicted molar refractivity (Wildman–Crippen MR) is 152 cm³/mol. The van der Waals surface area contributed by atoms with E-state index in [0.29, 0.717) is 31.5 Å². The number of benzene rings is 1. The number of hydrogen-bond acceptors (Lipinski definition) is 8. The minimum atomic E-state index is -1.61. The third-order valence-corrected chi connectivity index (χ3v) is 6.67. The smallest absolute Gasteiger partial charge is 0.326 e. The summed E-state index contributed by atoms with van der Waals surface area (Å²) in [6, 6.07) is 2.51. The van der Waals surface area contributed by atoms with Gasteiger partial charge in [0.25, 0.3) is 0 Å². The van der Waals surface area contributed by atoms with Crippen molar-refractivity contribution in [3.05, 3.63) is 54.2 Å².